The molecule has 3 rings (SSSR count). The molecule has 0 radical (unpaired) electrons. The molecule has 1 atom stereocenters. The maximum atomic E-state index is 12.3. The topological polar surface area (TPSA) is 93.2 Å². The predicted octanol–water partition coefficient (Wildman–Crippen LogP) is 1.26. The van der Waals surface area contributed by atoms with Gasteiger partial charge < -0.3 is 15.4 Å². The van der Waals surface area contributed by atoms with Crippen molar-refractivity contribution >= 4 is 11.8 Å². The van der Waals surface area contributed by atoms with Crippen LogP contribution in [0, 0.1) is 12.8 Å². The minimum Gasteiger partial charge on any atom is -0.368 e. The molecule has 2 amide bonds. The number of aryl methyl sites for hydroxylation is 1. The van der Waals surface area contributed by atoms with E-state index in [4.69, 9.17) is 4.74 Å². The van der Waals surface area contributed by atoms with Gasteiger partial charge >= 0.3 is 0 Å². The van der Waals surface area contributed by atoms with E-state index in [1.807, 2.05) is 6.92 Å². The van der Waals surface area contributed by atoms with Crippen LogP contribution in [0.5, 0.6) is 0 Å². The maximum absolute atomic E-state index is 12.3. The van der Waals surface area contributed by atoms with Gasteiger partial charge in [-0.3, -0.25) is 19.6 Å². The standard InChI is InChI=1S/C18H26N4O3/c1-12-9-20-15(10-19-12)11-21-17(23)13-4-6-14(7-5-13)22-18(24)16-3-2-8-25-16/h9-10,13-14,16H,2-8,11H2,1H3,(H,21,23)(H,22,24). The summed E-state index contributed by atoms with van der Waals surface area (Å²) in [5, 5.41) is 6.01. The molecule has 7 heteroatoms. The van der Waals surface area contributed by atoms with Gasteiger partial charge in [-0.05, 0) is 45.4 Å². The zero-order chi connectivity index (χ0) is 17.6. The average molecular weight is 346 g/mol. The minimum atomic E-state index is -0.281. The summed E-state index contributed by atoms with van der Waals surface area (Å²) in [6.07, 6.45) is 8.13. The Labute approximate surface area is 148 Å². The fourth-order valence-electron chi connectivity index (χ4n) is 3.41. The summed E-state index contributed by atoms with van der Waals surface area (Å²) in [6.45, 7) is 2.96. The van der Waals surface area contributed by atoms with Crippen LogP contribution in [-0.4, -0.2) is 40.5 Å². The number of nitrogens with zero attached hydrogens (tertiary/aromatic N) is 2. The summed E-state index contributed by atoms with van der Waals surface area (Å²) in [4.78, 5) is 32.8. The molecular formula is C18H26N4O3. The van der Waals surface area contributed by atoms with Gasteiger partial charge in [-0.2, -0.15) is 0 Å². The third-order valence-corrected chi connectivity index (χ3v) is 4.94. The summed E-state index contributed by atoms with van der Waals surface area (Å²) >= 11 is 0. The summed E-state index contributed by atoms with van der Waals surface area (Å²) in [6, 6.07) is 0.156. The van der Waals surface area contributed by atoms with Crippen LogP contribution in [0.3, 0.4) is 0 Å². The lowest BCUT2D eigenvalue weighted by Gasteiger charge is -2.29. The van der Waals surface area contributed by atoms with Crippen molar-refractivity contribution in [3.05, 3.63) is 23.8 Å². The van der Waals surface area contributed by atoms with Crippen molar-refractivity contribution < 1.29 is 14.3 Å². The van der Waals surface area contributed by atoms with E-state index in [0.717, 1.165) is 49.9 Å². The van der Waals surface area contributed by atoms with Crippen molar-refractivity contribution in [2.24, 2.45) is 5.92 Å². The van der Waals surface area contributed by atoms with Crippen LogP contribution < -0.4 is 10.6 Å². The molecule has 2 N–H and O–H groups in total. The Kier molecular flexibility index (Phi) is 5.96. The molecule has 1 saturated heterocycles. The van der Waals surface area contributed by atoms with Gasteiger partial charge in [0.05, 0.1) is 24.1 Å². The first kappa shape index (κ1) is 17.8. The van der Waals surface area contributed by atoms with Crippen LogP contribution in [0.15, 0.2) is 12.4 Å². The van der Waals surface area contributed by atoms with E-state index < -0.39 is 0 Å². The monoisotopic (exact) mass is 346 g/mol. The number of carbonyl (C=O) groups excluding carboxylic acids is 2. The Morgan fingerprint density at radius 2 is 1.92 bits per heavy atom. The second-order valence-corrected chi connectivity index (χ2v) is 6.93. The number of amides is 2. The van der Waals surface area contributed by atoms with Crippen molar-refractivity contribution in [3.63, 3.8) is 0 Å². The van der Waals surface area contributed by atoms with Gasteiger partial charge in [-0.1, -0.05) is 0 Å². The van der Waals surface area contributed by atoms with Crippen LogP contribution >= 0.6 is 0 Å². The molecule has 136 valence electrons. The molecule has 0 spiro atoms. The summed E-state index contributed by atoms with van der Waals surface area (Å²) in [7, 11) is 0. The van der Waals surface area contributed by atoms with Crippen LogP contribution in [0.2, 0.25) is 0 Å². The molecule has 0 bridgehead atoms. The van der Waals surface area contributed by atoms with Crippen LogP contribution in [-0.2, 0) is 20.9 Å². The second-order valence-electron chi connectivity index (χ2n) is 6.93. The molecule has 1 saturated carbocycles. The first-order valence-corrected chi connectivity index (χ1v) is 9.09. The van der Waals surface area contributed by atoms with Gasteiger partial charge in [0.1, 0.15) is 6.10 Å². The van der Waals surface area contributed by atoms with Gasteiger partial charge in [0.15, 0.2) is 0 Å². The highest BCUT2D eigenvalue weighted by Crippen LogP contribution is 2.25. The Morgan fingerprint density at radius 1 is 1.12 bits per heavy atom. The maximum Gasteiger partial charge on any atom is 0.249 e. The molecular weight excluding hydrogens is 320 g/mol. The SMILES string of the molecule is Cc1cnc(CNC(=O)C2CCC(NC(=O)C3CCCO3)CC2)cn1. The van der Waals surface area contributed by atoms with Crippen molar-refractivity contribution in [1.29, 1.82) is 0 Å². The normalized spacial score (nSPS) is 26.2. The number of aromatic nitrogens is 2. The average Bonchev–Trinajstić information content (AvgIpc) is 3.16. The van der Waals surface area contributed by atoms with Crippen LogP contribution in [0.25, 0.3) is 0 Å². The van der Waals surface area contributed by atoms with E-state index in [9.17, 15) is 9.59 Å². The molecule has 2 fully saturated rings. The van der Waals surface area contributed by atoms with Gasteiger partial charge in [0.2, 0.25) is 11.8 Å². The van der Waals surface area contributed by atoms with Crippen molar-refractivity contribution in [2.45, 2.75) is 64.1 Å². The summed E-state index contributed by atoms with van der Waals surface area (Å²) in [5.41, 5.74) is 1.62. The predicted molar refractivity (Wildman–Crippen MR) is 91.5 cm³/mol. The third kappa shape index (κ3) is 4.98. The molecule has 2 aliphatic rings. The van der Waals surface area contributed by atoms with Crippen molar-refractivity contribution in [3.8, 4) is 0 Å². The number of hydrogen-bond donors (Lipinski definition) is 2. The molecule has 2 heterocycles. The van der Waals surface area contributed by atoms with E-state index >= 15 is 0 Å². The number of rotatable bonds is 5. The molecule has 1 aromatic rings. The van der Waals surface area contributed by atoms with Gasteiger partial charge in [-0.25, -0.2) is 0 Å². The molecule has 0 aromatic carbocycles. The first-order chi connectivity index (χ1) is 12.1. The lowest BCUT2D eigenvalue weighted by atomic mass is 9.85. The highest BCUT2D eigenvalue weighted by molar-refractivity contribution is 5.81. The van der Waals surface area contributed by atoms with E-state index in [1.165, 1.54) is 0 Å². The molecule has 25 heavy (non-hydrogen) atoms. The largest absolute Gasteiger partial charge is 0.368 e. The van der Waals surface area contributed by atoms with Crippen LogP contribution in [0.4, 0.5) is 0 Å². The zero-order valence-electron chi connectivity index (χ0n) is 14.7. The number of carbonyl (C=O) groups is 2. The van der Waals surface area contributed by atoms with Crippen molar-refractivity contribution in [1.82, 2.24) is 20.6 Å². The Balaban J connectivity index is 1.38. The van der Waals surface area contributed by atoms with E-state index in [2.05, 4.69) is 20.6 Å². The molecule has 1 aliphatic heterocycles. The Bertz CT molecular complexity index is 591. The lowest BCUT2D eigenvalue weighted by Crippen LogP contribution is -2.44. The highest BCUT2D eigenvalue weighted by atomic mass is 16.5. The number of nitrogens with one attached hydrogen (secondary N) is 2. The fraction of sp³-hybridized carbons (Fsp3) is 0.667. The molecule has 1 aromatic heterocycles. The Morgan fingerprint density at radius 3 is 2.56 bits per heavy atom. The minimum absolute atomic E-state index is 0.00310. The van der Waals surface area contributed by atoms with Gasteiger partial charge in [-0.15, -0.1) is 0 Å². The third-order valence-electron chi connectivity index (χ3n) is 4.94. The van der Waals surface area contributed by atoms with Gasteiger partial charge in [0.25, 0.3) is 0 Å². The van der Waals surface area contributed by atoms with Gasteiger partial charge in [0, 0.05) is 24.8 Å². The Hall–Kier alpha value is -2.02. The number of ether oxygens (including phenoxy) is 1. The highest BCUT2D eigenvalue weighted by Gasteiger charge is 2.30. The van der Waals surface area contributed by atoms with E-state index in [-0.39, 0.29) is 29.9 Å². The van der Waals surface area contributed by atoms with E-state index in [1.54, 1.807) is 12.4 Å². The quantitative estimate of drug-likeness (QED) is 0.837. The lowest BCUT2D eigenvalue weighted by molar-refractivity contribution is -0.131. The smallest absolute Gasteiger partial charge is 0.249 e. The molecule has 7 nitrogen and oxygen atoms in total. The van der Waals surface area contributed by atoms with E-state index in [0.29, 0.717) is 13.2 Å². The molecule has 1 unspecified atom stereocenters. The molecule has 1 aliphatic carbocycles. The zero-order valence-corrected chi connectivity index (χ0v) is 14.7. The summed E-state index contributed by atoms with van der Waals surface area (Å²) in [5.74, 6) is 0.0731. The second kappa shape index (κ2) is 8.38. The first-order valence-electron chi connectivity index (χ1n) is 9.09. The number of hydrogen-bond acceptors (Lipinski definition) is 5. The van der Waals surface area contributed by atoms with Crippen LogP contribution in [0.1, 0.15) is 49.9 Å². The fourth-order valence-corrected chi connectivity index (χ4v) is 3.41. The summed E-state index contributed by atoms with van der Waals surface area (Å²) < 4.78 is 5.41. The van der Waals surface area contributed by atoms with Crippen molar-refractivity contribution in [2.75, 3.05) is 6.61 Å².